The van der Waals surface area contributed by atoms with Crippen LogP contribution in [0.25, 0.3) is 22.2 Å². The zero-order chi connectivity index (χ0) is 19.3. The molecule has 5 nitrogen and oxygen atoms in total. The molecular formula is C22H20N4OS. The summed E-state index contributed by atoms with van der Waals surface area (Å²) in [6.45, 7) is 2.79. The first-order valence-electron chi connectivity index (χ1n) is 9.15. The van der Waals surface area contributed by atoms with E-state index in [0.717, 1.165) is 39.5 Å². The summed E-state index contributed by atoms with van der Waals surface area (Å²) in [7, 11) is 0. The summed E-state index contributed by atoms with van der Waals surface area (Å²) < 4.78 is 2.03. The van der Waals surface area contributed by atoms with Crippen molar-refractivity contribution in [1.29, 1.82) is 0 Å². The maximum Gasteiger partial charge on any atom is 0.234 e. The Balaban J connectivity index is 1.47. The molecule has 3 aromatic carbocycles. The van der Waals surface area contributed by atoms with Gasteiger partial charge in [0.15, 0.2) is 11.0 Å². The van der Waals surface area contributed by atoms with E-state index in [0.29, 0.717) is 0 Å². The second-order valence-corrected chi connectivity index (χ2v) is 7.22. The number of hydrogen-bond donors (Lipinski definition) is 1. The van der Waals surface area contributed by atoms with Gasteiger partial charge in [0.1, 0.15) is 0 Å². The highest BCUT2D eigenvalue weighted by atomic mass is 32.2. The van der Waals surface area contributed by atoms with E-state index in [1.807, 2.05) is 77.4 Å². The lowest BCUT2D eigenvalue weighted by Crippen LogP contribution is -2.15. The monoisotopic (exact) mass is 388 g/mol. The van der Waals surface area contributed by atoms with Crippen molar-refractivity contribution in [3.63, 3.8) is 0 Å². The van der Waals surface area contributed by atoms with Crippen molar-refractivity contribution in [3.8, 4) is 11.4 Å². The molecule has 6 heteroatoms. The average molecular weight is 388 g/mol. The van der Waals surface area contributed by atoms with Crippen LogP contribution >= 0.6 is 11.8 Å². The maximum atomic E-state index is 12.5. The molecule has 0 spiro atoms. The molecule has 0 aliphatic rings. The predicted molar refractivity (Wildman–Crippen MR) is 114 cm³/mol. The lowest BCUT2D eigenvalue weighted by Gasteiger charge is -2.09. The smallest absolute Gasteiger partial charge is 0.234 e. The van der Waals surface area contributed by atoms with Gasteiger partial charge in [0.25, 0.3) is 0 Å². The summed E-state index contributed by atoms with van der Waals surface area (Å²) in [5.74, 6) is 1.03. The van der Waals surface area contributed by atoms with E-state index in [2.05, 4.69) is 22.4 Å². The number of carbonyl (C=O) groups excluding carboxylic acids is 1. The lowest BCUT2D eigenvalue weighted by molar-refractivity contribution is -0.113. The molecule has 1 aromatic heterocycles. The van der Waals surface area contributed by atoms with Gasteiger partial charge >= 0.3 is 0 Å². The first-order chi connectivity index (χ1) is 13.8. The summed E-state index contributed by atoms with van der Waals surface area (Å²) in [5.41, 5.74) is 1.84. The normalized spacial score (nSPS) is 10.9. The van der Waals surface area contributed by atoms with E-state index < -0.39 is 0 Å². The van der Waals surface area contributed by atoms with Crippen LogP contribution in [0.1, 0.15) is 6.92 Å². The number of nitrogens with zero attached hydrogens (tertiary/aromatic N) is 3. The van der Waals surface area contributed by atoms with Crippen molar-refractivity contribution in [2.45, 2.75) is 18.6 Å². The molecule has 0 bridgehead atoms. The molecule has 4 aromatic rings. The number of thioether (sulfide) groups is 1. The highest BCUT2D eigenvalue weighted by Crippen LogP contribution is 2.25. The lowest BCUT2D eigenvalue weighted by atomic mass is 10.1. The second kappa shape index (κ2) is 8.27. The molecule has 0 saturated carbocycles. The van der Waals surface area contributed by atoms with E-state index in [9.17, 15) is 4.79 Å². The number of aromatic nitrogens is 3. The van der Waals surface area contributed by atoms with Crippen molar-refractivity contribution < 1.29 is 4.79 Å². The second-order valence-electron chi connectivity index (χ2n) is 6.28. The third kappa shape index (κ3) is 3.77. The van der Waals surface area contributed by atoms with E-state index in [-0.39, 0.29) is 11.7 Å². The Kier molecular flexibility index (Phi) is 5.39. The average Bonchev–Trinajstić information content (AvgIpc) is 3.16. The fraction of sp³-hybridized carbons (Fsp3) is 0.136. The minimum Gasteiger partial charge on any atom is -0.325 e. The van der Waals surface area contributed by atoms with Crippen LogP contribution in [0, 0.1) is 0 Å². The fourth-order valence-corrected chi connectivity index (χ4v) is 3.93. The minimum absolute atomic E-state index is 0.0618. The minimum atomic E-state index is -0.0618. The van der Waals surface area contributed by atoms with Crippen LogP contribution in [0.2, 0.25) is 0 Å². The van der Waals surface area contributed by atoms with Crippen LogP contribution in [0.4, 0.5) is 5.69 Å². The molecule has 1 N–H and O–H groups in total. The van der Waals surface area contributed by atoms with Gasteiger partial charge in [-0.15, -0.1) is 10.2 Å². The van der Waals surface area contributed by atoms with E-state index in [4.69, 9.17) is 0 Å². The van der Waals surface area contributed by atoms with Crippen LogP contribution in [-0.2, 0) is 11.3 Å². The SMILES string of the molecule is CCn1c(SCC(=O)Nc2cccc3ccccc23)nnc1-c1ccccc1. The first-order valence-corrected chi connectivity index (χ1v) is 10.1. The topological polar surface area (TPSA) is 59.8 Å². The molecule has 4 rings (SSSR count). The van der Waals surface area contributed by atoms with Crippen molar-refractivity contribution >= 4 is 34.1 Å². The maximum absolute atomic E-state index is 12.5. The van der Waals surface area contributed by atoms with E-state index in [1.165, 1.54) is 11.8 Å². The molecule has 0 fully saturated rings. The molecule has 0 radical (unpaired) electrons. The molecule has 1 heterocycles. The number of hydrogen-bond acceptors (Lipinski definition) is 4. The first kappa shape index (κ1) is 18.3. The Hall–Kier alpha value is -3.12. The molecule has 28 heavy (non-hydrogen) atoms. The van der Waals surface area contributed by atoms with Crippen LogP contribution in [0.3, 0.4) is 0 Å². The number of fused-ring (bicyclic) bond motifs is 1. The van der Waals surface area contributed by atoms with Crippen molar-refractivity contribution in [2.75, 3.05) is 11.1 Å². The molecule has 1 amide bonds. The van der Waals surface area contributed by atoms with Crippen molar-refractivity contribution in [1.82, 2.24) is 14.8 Å². The van der Waals surface area contributed by atoms with Gasteiger partial charge in [0, 0.05) is 23.2 Å². The molecule has 0 aliphatic heterocycles. The number of rotatable bonds is 6. The summed E-state index contributed by atoms with van der Waals surface area (Å²) in [6, 6.07) is 23.9. The van der Waals surface area contributed by atoms with Gasteiger partial charge in [-0.1, -0.05) is 78.5 Å². The Morgan fingerprint density at radius 2 is 1.71 bits per heavy atom. The predicted octanol–water partition coefficient (Wildman–Crippen LogP) is 4.85. The highest BCUT2D eigenvalue weighted by molar-refractivity contribution is 7.99. The van der Waals surface area contributed by atoms with Gasteiger partial charge in [-0.25, -0.2) is 0 Å². The van der Waals surface area contributed by atoms with E-state index >= 15 is 0 Å². The third-order valence-corrected chi connectivity index (χ3v) is 5.43. The summed E-state index contributed by atoms with van der Waals surface area (Å²) in [4.78, 5) is 12.5. The van der Waals surface area contributed by atoms with Crippen LogP contribution < -0.4 is 5.32 Å². The summed E-state index contributed by atoms with van der Waals surface area (Å²) in [5, 5.41) is 14.5. The number of amides is 1. The van der Waals surface area contributed by atoms with E-state index in [1.54, 1.807) is 0 Å². The van der Waals surface area contributed by atoms with Gasteiger partial charge < -0.3 is 9.88 Å². The molecule has 140 valence electrons. The number of anilines is 1. The van der Waals surface area contributed by atoms with Gasteiger partial charge in [0.05, 0.1) is 5.75 Å². The van der Waals surface area contributed by atoms with Crippen LogP contribution in [-0.4, -0.2) is 26.4 Å². The Morgan fingerprint density at radius 1 is 0.964 bits per heavy atom. The van der Waals surface area contributed by atoms with Gasteiger partial charge in [-0.3, -0.25) is 4.79 Å². The summed E-state index contributed by atoms with van der Waals surface area (Å²) in [6.07, 6.45) is 0. The number of carbonyl (C=O) groups is 1. The molecule has 0 aliphatic carbocycles. The Labute approximate surface area is 167 Å². The molecular weight excluding hydrogens is 368 g/mol. The van der Waals surface area contributed by atoms with Crippen molar-refractivity contribution in [3.05, 3.63) is 72.8 Å². The fourth-order valence-electron chi connectivity index (χ4n) is 3.13. The van der Waals surface area contributed by atoms with Gasteiger partial charge in [0.2, 0.25) is 5.91 Å². The largest absolute Gasteiger partial charge is 0.325 e. The summed E-state index contributed by atoms with van der Waals surface area (Å²) >= 11 is 1.40. The van der Waals surface area contributed by atoms with Gasteiger partial charge in [-0.05, 0) is 18.4 Å². The van der Waals surface area contributed by atoms with Crippen LogP contribution in [0.15, 0.2) is 78.0 Å². The number of benzene rings is 3. The Bertz CT molecular complexity index is 1100. The van der Waals surface area contributed by atoms with Crippen LogP contribution in [0.5, 0.6) is 0 Å². The zero-order valence-electron chi connectivity index (χ0n) is 15.5. The molecule has 0 atom stereocenters. The standard InChI is InChI=1S/C22H20N4OS/c1-2-26-21(17-10-4-3-5-11-17)24-25-22(26)28-15-20(27)23-19-14-8-12-16-9-6-7-13-18(16)19/h3-14H,2,15H2,1H3,(H,23,27). The Morgan fingerprint density at radius 3 is 2.54 bits per heavy atom. The van der Waals surface area contributed by atoms with Gasteiger partial charge in [-0.2, -0.15) is 0 Å². The quantitative estimate of drug-likeness (QED) is 0.480. The highest BCUT2D eigenvalue weighted by Gasteiger charge is 2.14. The van der Waals surface area contributed by atoms with Crippen molar-refractivity contribution in [2.24, 2.45) is 0 Å². The zero-order valence-corrected chi connectivity index (χ0v) is 16.3. The third-order valence-electron chi connectivity index (χ3n) is 4.46. The number of nitrogens with one attached hydrogen (secondary N) is 1. The molecule has 0 saturated heterocycles. The molecule has 0 unspecified atom stereocenters.